The molecule has 0 saturated carbocycles. The van der Waals surface area contributed by atoms with Crippen molar-refractivity contribution in [2.24, 2.45) is 0 Å². The first-order chi connectivity index (χ1) is 5.88. The summed E-state index contributed by atoms with van der Waals surface area (Å²) in [4.78, 5) is 0. The molecular weight excluding hydrogens is 216 g/mol. The van der Waals surface area contributed by atoms with E-state index in [0.29, 0.717) is 0 Å². The minimum Gasteiger partial charge on any atom is -0.716 e. The highest BCUT2D eigenvalue weighted by Gasteiger charge is 2.04. The van der Waals surface area contributed by atoms with E-state index < -0.39 is 10.4 Å². The predicted octanol–water partition coefficient (Wildman–Crippen LogP) is 1.49. The summed E-state index contributed by atoms with van der Waals surface area (Å²) >= 11 is 5.57. The lowest BCUT2D eigenvalue weighted by Gasteiger charge is -2.10. The third-order valence-electron chi connectivity index (χ3n) is 1.28. The van der Waals surface area contributed by atoms with Gasteiger partial charge in [-0.15, -0.1) is 0 Å². The number of hydrogen-bond donors (Lipinski definition) is 0. The molecular formula is C7H6ClO4S-. The molecule has 1 aromatic carbocycles. The third kappa shape index (κ3) is 3.22. The molecule has 0 aliphatic rings. The Labute approximate surface area is 81.1 Å². The number of benzene rings is 1. The lowest BCUT2D eigenvalue weighted by Crippen LogP contribution is -2.07. The number of hydrogen-bond acceptors (Lipinski definition) is 4. The fourth-order valence-electron chi connectivity index (χ4n) is 0.784. The summed E-state index contributed by atoms with van der Waals surface area (Å²) in [6, 6.07) is 4.50. The minimum absolute atomic E-state index is 0.0880. The van der Waals surface area contributed by atoms with E-state index in [2.05, 4.69) is 4.18 Å². The minimum atomic E-state index is -4.75. The highest BCUT2D eigenvalue weighted by Crippen LogP contribution is 2.25. The standard InChI is InChI=1S/C7H7ClO4S/c1-5-2-3-6(8)7(4-5)12-13(9,10)11/h2-4H,1H3,(H,9,10,11)/p-1. The zero-order valence-corrected chi connectivity index (χ0v) is 8.22. The molecule has 0 aromatic heterocycles. The molecule has 0 heterocycles. The van der Waals surface area contributed by atoms with Crippen molar-refractivity contribution in [1.82, 2.24) is 0 Å². The second kappa shape index (κ2) is 3.53. The molecule has 0 amide bonds. The van der Waals surface area contributed by atoms with Gasteiger partial charge in [0.05, 0.1) is 5.02 Å². The predicted molar refractivity (Wildman–Crippen MR) is 46.5 cm³/mol. The van der Waals surface area contributed by atoms with Crippen molar-refractivity contribution in [3.8, 4) is 5.75 Å². The molecule has 0 bridgehead atoms. The molecule has 0 saturated heterocycles. The van der Waals surface area contributed by atoms with E-state index in [-0.39, 0.29) is 10.8 Å². The summed E-state index contributed by atoms with van der Waals surface area (Å²) in [5, 5.41) is 0.0880. The average molecular weight is 222 g/mol. The SMILES string of the molecule is Cc1ccc(Cl)c(OS(=O)(=O)[O-])c1. The van der Waals surface area contributed by atoms with Gasteiger partial charge in [-0.05, 0) is 24.6 Å². The molecule has 0 fully saturated rings. The summed E-state index contributed by atoms with van der Waals surface area (Å²) in [7, 11) is -4.75. The van der Waals surface area contributed by atoms with Crippen LogP contribution in [0.2, 0.25) is 5.02 Å². The maximum Gasteiger partial charge on any atom is 0.262 e. The molecule has 0 atom stereocenters. The summed E-state index contributed by atoms with van der Waals surface area (Å²) < 4.78 is 34.8. The van der Waals surface area contributed by atoms with E-state index in [1.54, 1.807) is 13.0 Å². The monoisotopic (exact) mass is 221 g/mol. The summed E-state index contributed by atoms with van der Waals surface area (Å²) in [6.45, 7) is 1.72. The number of rotatable bonds is 2. The second-order valence-electron chi connectivity index (χ2n) is 2.43. The molecule has 1 rings (SSSR count). The van der Waals surface area contributed by atoms with Gasteiger partial charge in [0.2, 0.25) is 0 Å². The van der Waals surface area contributed by atoms with Crippen LogP contribution in [0.15, 0.2) is 18.2 Å². The number of aryl methyl sites for hydroxylation is 1. The zero-order chi connectivity index (χ0) is 10.1. The lowest BCUT2D eigenvalue weighted by atomic mass is 10.2. The van der Waals surface area contributed by atoms with Crippen LogP contribution in [0.25, 0.3) is 0 Å². The van der Waals surface area contributed by atoms with Gasteiger partial charge in [0.1, 0.15) is 0 Å². The van der Waals surface area contributed by atoms with Crippen molar-refractivity contribution in [1.29, 1.82) is 0 Å². The van der Waals surface area contributed by atoms with Gasteiger partial charge in [0.25, 0.3) is 10.4 Å². The van der Waals surface area contributed by atoms with Crippen molar-refractivity contribution in [2.45, 2.75) is 6.92 Å². The fraction of sp³-hybridized carbons (Fsp3) is 0.143. The van der Waals surface area contributed by atoms with Crippen molar-refractivity contribution < 1.29 is 17.2 Å². The van der Waals surface area contributed by atoms with Crippen LogP contribution in [0, 0.1) is 6.92 Å². The van der Waals surface area contributed by atoms with E-state index >= 15 is 0 Å². The van der Waals surface area contributed by atoms with E-state index in [1.165, 1.54) is 12.1 Å². The van der Waals surface area contributed by atoms with Gasteiger partial charge < -0.3 is 8.74 Å². The quantitative estimate of drug-likeness (QED) is 0.561. The van der Waals surface area contributed by atoms with Gasteiger partial charge in [-0.25, -0.2) is 8.42 Å². The van der Waals surface area contributed by atoms with Crippen LogP contribution in [0.3, 0.4) is 0 Å². The topological polar surface area (TPSA) is 66.4 Å². The average Bonchev–Trinajstić information content (AvgIpc) is 1.94. The van der Waals surface area contributed by atoms with Crippen molar-refractivity contribution in [3.63, 3.8) is 0 Å². The first-order valence-corrected chi connectivity index (χ1v) is 5.01. The lowest BCUT2D eigenvalue weighted by molar-refractivity contribution is 0.372. The Morgan fingerprint density at radius 1 is 1.46 bits per heavy atom. The van der Waals surface area contributed by atoms with Gasteiger partial charge in [-0.1, -0.05) is 17.7 Å². The Morgan fingerprint density at radius 3 is 2.62 bits per heavy atom. The largest absolute Gasteiger partial charge is 0.716 e. The Balaban J connectivity index is 3.08. The third-order valence-corrected chi connectivity index (χ3v) is 1.97. The zero-order valence-electron chi connectivity index (χ0n) is 6.65. The molecule has 0 radical (unpaired) electrons. The Kier molecular flexibility index (Phi) is 2.80. The van der Waals surface area contributed by atoms with E-state index in [0.717, 1.165) is 5.56 Å². The molecule has 0 aliphatic carbocycles. The molecule has 0 aliphatic heterocycles. The van der Waals surface area contributed by atoms with Crippen molar-refractivity contribution in [2.75, 3.05) is 0 Å². The van der Waals surface area contributed by atoms with Crippen LogP contribution < -0.4 is 4.18 Å². The summed E-state index contributed by atoms with van der Waals surface area (Å²) in [6.07, 6.45) is 0. The molecule has 13 heavy (non-hydrogen) atoms. The normalized spacial score (nSPS) is 11.3. The van der Waals surface area contributed by atoms with Gasteiger partial charge in [0.15, 0.2) is 5.75 Å². The van der Waals surface area contributed by atoms with Crippen LogP contribution in [-0.4, -0.2) is 13.0 Å². The molecule has 0 spiro atoms. The molecule has 72 valence electrons. The highest BCUT2D eigenvalue weighted by molar-refractivity contribution is 7.81. The van der Waals surface area contributed by atoms with Gasteiger partial charge in [-0.3, -0.25) is 0 Å². The van der Waals surface area contributed by atoms with E-state index in [9.17, 15) is 13.0 Å². The van der Waals surface area contributed by atoms with E-state index in [4.69, 9.17) is 11.6 Å². The fourth-order valence-corrected chi connectivity index (χ4v) is 1.34. The first-order valence-electron chi connectivity index (χ1n) is 3.30. The molecule has 0 N–H and O–H groups in total. The van der Waals surface area contributed by atoms with E-state index in [1.807, 2.05) is 0 Å². The van der Waals surface area contributed by atoms with Gasteiger partial charge in [-0.2, -0.15) is 0 Å². The van der Waals surface area contributed by atoms with Crippen LogP contribution in [0.4, 0.5) is 0 Å². The molecule has 0 unspecified atom stereocenters. The maximum absolute atomic E-state index is 10.2. The smallest absolute Gasteiger partial charge is 0.262 e. The maximum atomic E-state index is 10.2. The van der Waals surface area contributed by atoms with Crippen LogP contribution in [0.5, 0.6) is 5.75 Å². The van der Waals surface area contributed by atoms with Crippen LogP contribution in [0.1, 0.15) is 5.56 Å². The van der Waals surface area contributed by atoms with Crippen molar-refractivity contribution in [3.05, 3.63) is 28.8 Å². The molecule has 6 heteroatoms. The Bertz CT molecular complexity index is 413. The highest BCUT2D eigenvalue weighted by atomic mass is 35.5. The Morgan fingerprint density at radius 2 is 2.08 bits per heavy atom. The van der Waals surface area contributed by atoms with Crippen LogP contribution >= 0.6 is 11.6 Å². The van der Waals surface area contributed by atoms with Crippen LogP contribution in [-0.2, 0) is 10.4 Å². The van der Waals surface area contributed by atoms with Gasteiger partial charge >= 0.3 is 0 Å². The Hall–Kier alpha value is -0.780. The summed E-state index contributed by atoms with van der Waals surface area (Å²) in [5.74, 6) is -0.142. The molecule has 1 aromatic rings. The van der Waals surface area contributed by atoms with Crippen molar-refractivity contribution >= 4 is 22.0 Å². The van der Waals surface area contributed by atoms with Gasteiger partial charge in [0, 0.05) is 0 Å². The summed E-state index contributed by atoms with van der Waals surface area (Å²) in [5.41, 5.74) is 0.753. The first kappa shape index (κ1) is 10.3. The molecule has 4 nitrogen and oxygen atoms in total. The number of halogens is 1. The second-order valence-corrected chi connectivity index (χ2v) is 3.82.